The summed E-state index contributed by atoms with van der Waals surface area (Å²) in [6, 6.07) is 9.95. The third-order valence-corrected chi connectivity index (χ3v) is 11.8. The van der Waals surface area contributed by atoms with Gasteiger partial charge in [-0.05, 0) is 61.8 Å². The summed E-state index contributed by atoms with van der Waals surface area (Å²) >= 11 is 0. The molecule has 0 spiro atoms. The van der Waals surface area contributed by atoms with Crippen molar-refractivity contribution in [1.29, 1.82) is 0 Å². The first-order valence-corrected chi connectivity index (χ1v) is 20.4. The molecule has 60 heavy (non-hydrogen) atoms. The van der Waals surface area contributed by atoms with Crippen molar-refractivity contribution in [3.05, 3.63) is 73.0 Å². The van der Waals surface area contributed by atoms with Crippen molar-refractivity contribution in [2.45, 2.75) is 77.5 Å². The Morgan fingerprint density at radius 3 is 1.43 bits per heavy atom. The van der Waals surface area contributed by atoms with E-state index in [1.165, 1.54) is 14.2 Å². The van der Waals surface area contributed by atoms with Crippen LogP contribution in [0.25, 0.3) is 55.6 Å². The van der Waals surface area contributed by atoms with Crippen molar-refractivity contribution in [2.75, 3.05) is 27.3 Å². The standard InChI is InChI=1S/C44H50N8O8/c1-23(2)35(49-43(55)57-5)41(53)51-17-7-9-33(51)39-45-21-31(47-39)25-11-13-27(37-29(25)15-19-59-37)28-14-12-26(30-16-20-60-38(28)30)32-22-46-40(48-32)34-10-8-18-52(34)42(54)36(24(3)4)50-44(56)58-6/h11-16,19-24,33-36H,7-10,17-18H2,1-6H3,(H,45,47)(H,46,48)(H,49,55)(H,50,56)/t33-,34-,35-,36-/m0/s1. The summed E-state index contributed by atoms with van der Waals surface area (Å²) in [4.78, 5) is 71.6. The van der Waals surface area contributed by atoms with Crippen LogP contribution in [0.4, 0.5) is 9.59 Å². The van der Waals surface area contributed by atoms with E-state index in [2.05, 4.69) is 20.6 Å². The second-order valence-electron chi connectivity index (χ2n) is 16.1. The number of carbonyl (C=O) groups excluding carboxylic acids is 4. The number of amides is 4. The maximum atomic E-state index is 13.7. The van der Waals surface area contributed by atoms with Crippen LogP contribution in [0, 0.1) is 11.8 Å². The highest BCUT2D eigenvalue weighted by atomic mass is 16.5. The van der Waals surface area contributed by atoms with Gasteiger partial charge >= 0.3 is 12.2 Å². The maximum Gasteiger partial charge on any atom is 0.407 e. The molecule has 4 N–H and O–H groups in total. The van der Waals surface area contributed by atoms with Crippen LogP contribution < -0.4 is 10.6 Å². The number of ether oxygens (including phenoxy) is 2. The van der Waals surface area contributed by atoms with Gasteiger partial charge < -0.3 is 48.7 Å². The minimum atomic E-state index is -0.723. The third-order valence-electron chi connectivity index (χ3n) is 11.8. The molecule has 2 fully saturated rings. The van der Waals surface area contributed by atoms with Gasteiger partial charge in [0.1, 0.15) is 34.9 Å². The molecule has 4 atom stereocenters. The van der Waals surface area contributed by atoms with Crippen LogP contribution in [-0.4, -0.2) is 93.1 Å². The van der Waals surface area contributed by atoms with Crippen molar-refractivity contribution >= 4 is 45.9 Å². The summed E-state index contributed by atoms with van der Waals surface area (Å²) in [5, 5.41) is 7.16. The normalized spacial score (nSPS) is 17.8. The highest BCUT2D eigenvalue weighted by Crippen LogP contribution is 2.42. The monoisotopic (exact) mass is 818 g/mol. The number of fused-ring (bicyclic) bond motifs is 2. The van der Waals surface area contributed by atoms with Gasteiger partial charge in [0, 0.05) is 46.1 Å². The lowest BCUT2D eigenvalue weighted by Crippen LogP contribution is -2.51. The second-order valence-corrected chi connectivity index (χ2v) is 16.1. The Bertz CT molecular complexity index is 2370. The van der Waals surface area contributed by atoms with Crippen LogP contribution in [0.15, 0.2) is 70.2 Å². The van der Waals surface area contributed by atoms with Crippen molar-refractivity contribution in [2.24, 2.45) is 11.8 Å². The number of hydrogen-bond acceptors (Lipinski definition) is 10. The SMILES string of the molecule is COC(=O)N[C@H](C(=O)N1CCC[C@H]1c1ncc(-c2ccc(-c3ccc(-c4cnc([C@@H]5CCCN5C(=O)[C@@H](NC(=O)OC)C(C)C)[nH]4)c4ccoc34)c3occc23)[nH]1)C(C)C. The van der Waals surface area contributed by atoms with Gasteiger partial charge in [-0.2, -0.15) is 0 Å². The largest absolute Gasteiger partial charge is 0.464 e. The molecule has 0 aliphatic carbocycles. The van der Waals surface area contributed by atoms with Gasteiger partial charge in [-0.1, -0.05) is 39.8 Å². The Kier molecular flexibility index (Phi) is 11.1. The van der Waals surface area contributed by atoms with Crippen molar-refractivity contribution in [1.82, 2.24) is 40.4 Å². The number of aromatic nitrogens is 4. The van der Waals surface area contributed by atoms with Crippen LogP contribution in [0.1, 0.15) is 77.1 Å². The fraction of sp³-hybridized carbons (Fsp3) is 0.409. The molecule has 0 unspecified atom stereocenters. The van der Waals surface area contributed by atoms with Gasteiger partial charge in [-0.3, -0.25) is 9.59 Å². The zero-order valence-corrected chi connectivity index (χ0v) is 34.5. The Morgan fingerprint density at radius 2 is 1.05 bits per heavy atom. The first kappa shape index (κ1) is 40.2. The molecule has 4 amide bonds. The molecule has 2 saturated heterocycles. The lowest BCUT2D eigenvalue weighted by atomic mass is 9.96. The lowest BCUT2D eigenvalue weighted by Gasteiger charge is -2.30. The number of H-pyrrole nitrogens is 2. The number of alkyl carbamates (subject to hydrolysis) is 2. The summed E-state index contributed by atoms with van der Waals surface area (Å²) in [5.41, 5.74) is 6.40. The first-order valence-electron chi connectivity index (χ1n) is 20.4. The van der Waals surface area contributed by atoms with Crippen LogP contribution in [0.5, 0.6) is 0 Å². The molecule has 0 saturated carbocycles. The summed E-state index contributed by atoms with van der Waals surface area (Å²) < 4.78 is 21.9. The molecule has 6 aromatic rings. The first-order chi connectivity index (χ1) is 29.0. The number of furan rings is 2. The Balaban J connectivity index is 1.05. The number of aromatic amines is 2. The predicted molar refractivity (Wildman–Crippen MR) is 222 cm³/mol. The Hall–Kier alpha value is -6.58. The predicted octanol–water partition coefficient (Wildman–Crippen LogP) is 7.71. The molecule has 4 aromatic heterocycles. The van der Waals surface area contributed by atoms with Crippen LogP contribution >= 0.6 is 0 Å². The molecule has 2 aromatic carbocycles. The highest BCUT2D eigenvalue weighted by molar-refractivity contribution is 6.08. The molecule has 16 nitrogen and oxygen atoms in total. The van der Waals surface area contributed by atoms with Gasteiger partial charge in [-0.25, -0.2) is 19.6 Å². The zero-order valence-electron chi connectivity index (χ0n) is 34.5. The Labute approximate surface area is 346 Å². The summed E-state index contributed by atoms with van der Waals surface area (Å²) in [6.45, 7) is 8.69. The maximum absolute atomic E-state index is 13.7. The lowest BCUT2D eigenvalue weighted by molar-refractivity contribution is -0.136. The molecule has 8 rings (SSSR count). The van der Waals surface area contributed by atoms with Crippen LogP contribution in [-0.2, 0) is 19.1 Å². The molecular formula is C44H50N8O8. The summed E-state index contributed by atoms with van der Waals surface area (Å²) in [5.74, 6) is 0.747. The van der Waals surface area contributed by atoms with E-state index in [1.807, 2.05) is 64.1 Å². The van der Waals surface area contributed by atoms with E-state index >= 15 is 0 Å². The second kappa shape index (κ2) is 16.6. The summed E-state index contributed by atoms with van der Waals surface area (Å²) in [6.07, 6.45) is 8.72. The number of likely N-dealkylation sites (tertiary alicyclic amines) is 2. The van der Waals surface area contributed by atoms with E-state index < -0.39 is 24.3 Å². The fourth-order valence-corrected chi connectivity index (χ4v) is 8.69. The molecule has 0 radical (unpaired) electrons. The number of imidazole rings is 2. The average molecular weight is 819 g/mol. The quantitative estimate of drug-likeness (QED) is 0.100. The molecule has 2 aliphatic heterocycles. The molecule has 0 bridgehead atoms. The van der Waals surface area contributed by atoms with E-state index in [-0.39, 0.29) is 35.7 Å². The van der Waals surface area contributed by atoms with Gasteiger partial charge in [0.25, 0.3) is 0 Å². The molecule has 2 aliphatic rings. The number of rotatable bonds is 11. The average Bonchev–Trinajstić information content (AvgIpc) is 4.10. The number of methoxy groups -OCH3 is 2. The van der Waals surface area contributed by atoms with Crippen molar-refractivity contribution < 1.29 is 37.5 Å². The smallest absolute Gasteiger partial charge is 0.407 e. The third kappa shape index (κ3) is 7.34. The highest BCUT2D eigenvalue weighted by Gasteiger charge is 2.39. The zero-order chi connectivity index (χ0) is 42.2. The van der Waals surface area contributed by atoms with Gasteiger partial charge in [0.2, 0.25) is 11.8 Å². The molecular weight excluding hydrogens is 769 g/mol. The number of carbonyl (C=O) groups is 4. The van der Waals surface area contributed by atoms with Crippen LogP contribution in [0.3, 0.4) is 0 Å². The number of benzene rings is 2. The van der Waals surface area contributed by atoms with Crippen molar-refractivity contribution in [3.8, 4) is 33.6 Å². The van der Waals surface area contributed by atoms with E-state index in [0.29, 0.717) is 35.9 Å². The fourth-order valence-electron chi connectivity index (χ4n) is 8.69. The minimum absolute atomic E-state index is 0.135. The molecule has 6 heterocycles. The minimum Gasteiger partial charge on any atom is -0.464 e. The molecule has 314 valence electrons. The number of nitrogens with zero attached hydrogens (tertiary/aromatic N) is 4. The van der Waals surface area contributed by atoms with E-state index in [4.69, 9.17) is 28.3 Å². The van der Waals surface area contributed by atoms with Gasteiger partial charge in [0.15, 0.2) is 0 Å². The van der Waals surface area contributed by atoms with E-state index in [1.54, 1.807) is 34.7 Å². The van der Waals surface area contributed by atoms with Crippen LogP contribution in [0.2, 0.25) is 0 Å². The summed E-state index contributed by atoms with van der Waals surface area (Å²) in [7, 11) is 2.57. The Morgan fingerprint density at radius 1 is 0.650 bits per heavy atom. The molecule has 16 heteroatoms. The topological polar surface area (TPSA) is 201 Å². The van der Waals surface area contributed by atoms with E-state index in [0.717, 1.165) is 70.1 Å². The van der Waals surface area contributed by atoms with Gasteiger partial charge in [-0.15, -0.1) is 0 Å². The number of nitrogens with one attached hydrogen (secondary N) is 4. The number of hydrogen-bond donors (Lipinski definition) is 4. The van der Waals surface area contributed by atoms with Crippen molar-refractivity contribution in [3.63, 3.8) is 0 Å². The van der Waals surface area contributed by atoms with Gasteiger partial charge in [0.05, 0.1) is 62.6 Å². The van der Waals surface area contributed by atoms with E-state index in [9.17, 15) is 19.2 Å².